The average molecular weight is 682 g/mol. The molecule has 4 aromatic rings. The number of fused-ring (bicyclic) bond motifs is 1. The van der Waals surface area contributed by atoms with Crippen molar-refractivity contribution < 1.29 is 43.3 Å². The van der Waals surface area contributed by atoms with Crippen molar-refractivity contribution in [2.24, 2.45) is 0 Å². The standard InChI is InChI=1S/C27H29ClN6O7.C2H4O2.ClH/c1-4-17-11-19(41-33-17)21-22(38-14(2)36)23(39-15(3)37)26(40-21)34-13-29-20-24(31-27(28)32-25(20)34)30-18(12-35)10-16-8-6-5-7-9-16;1-2(3)4;/h5-9,11,13,18,21-23,26,35H,4,10,12H2,1-3H3,(H,30,31,32);1H3,(H,3,4);1H/t18-,21+,22+,23+,26+;;/m0../s1. The zero-order chi connectivity index (χ0) is 32.7. The molecule has 3 aromatic heterocycles. The minimum atomic E-state index is -1.10. The number of esters is 2. The Morgan fingerprint density at radius 1 is 1.09 bits per heavy atom. The summed E-state index contributed by atoms with van der Waals surface area (Å²) in [5.74, 6) is -1.44. The van der Waals surface area contributed by atoms with E-state index in [1.54, 1.807) is 6.07 Å². The number of aryl methyl sites for hydroxylation is 1. The van der Waals surface area contributed by atoms with Gasteiger partial charge in [0.1, 0.15) is 0 Å². The SMILES string of the molecule is CC(=O)O.CCc1cc([C@H]2O[C@@H](n3cnc4c(N[C@H](CO)Cc5ccccc5)nc(Cl)nc43)[C@H](OC(C)=O)[C@@H]2OC(C)=O)on1.Cl. The summed E-state index contributed by atoms with van der Waals surface area (Å²) < 4.78 is 24.5. The maximum absolute atomic E-state index is 12.2. The minimum Gasteiger partial charge on any atom is -0.481 e. The molecule has 15 nitrogen and oxygen atoms in total. The van der Waals surface area contributed by atoms with Crippen molar-refractivity contribution in [1.29, 1.82) is 0 Å². The first kappa shape index (κ1) is 36.2. The molecule has 0 unspecified atom stereocenters. The van der Waals surface area contributed by atoms with E-state index in [0.717, 1.165) is 12.5 Å². The topological polar surface area (TPSA) is 201 Å². The van der Waals surface area contributed by atoms with Crippen LogP contribution in [0.3, 0.4) is 0 Å². The lowest BCUT2D eigenvalue weighted by Crippen LogP contribution is -2.36. The molecular weight excluding hydrogens is 647 g/mol. The molecule has 1 saturated heterocycles. The van der Waals surface area contributed by atoms with Crippen LogP contribution in [0.4, 0.5) is 5.82 Å². The van der Waals surface area contributed by atoms with Crippen LogP contribution in [0, 0.1) is 0 Å². The summed E-state index contributed by atoms with van der Waals surface area (Å²) >= 11 is 6.32. The van der Waals surface area contributed by atoms with Gasteiger partial charge in [-0.25, -0.2) is 4.98 Å². The van der Waals surface area contributed by atoms with E-state index in [2.05, 4.69) is 25.4 Å². The summed E-state index contributed by atoms with van der Waals surface area (Å²) in [6, 6.07) is 11.0. The Morgan fingerprint density at radius 2 is 1.74 bits per heavy atom. The van der Waals surface area contributed by atoms with E-state index in [0.29, 0.717) is 35.6 Å². The van der Waals surface area contributed by atoms with E-state index >= 15 is 0 Å². The molecule has 248 valence electrons. The first-order valence-corrected chi connectivity index (χ1v) is 14.3. The molecule has 1 aliphatic heterocycles. The Balaban J connectivity index is 0.00000109. The average Bonchev–Trinajstić information content (AvgIpc) is 3.70. The second-order valence-corrected chi connectivity index (χ2v) is 10.4. The number of nitrogens with zero attached hydrogens (tertiary/aromatic N) is 5. The van der Waals surface area contributed by atoms with Crippen LogP contribution in [-0.2, 0) is 41.4 Å². The maximum atomic E-state index is 12.2. The molecule has 1 fully saturated rings. The lowest BCUT2D eigenvalue weighted by Gasteiger charge is -2.23. The summed E-state index contributed by atoms with van der Waals surface area (Å²) in [4.78, 5) is 46.4. The number of anilines is 1. The zero-order valence-electron chi connectivity index (χ0n) is 25.3. The largest absolute Gasteiger partial charge is 0.481 e. The molecule has 0 saturated carbocycles. The summed E-state index contributed by atoms with van der Waals surface area (Å²) in [5.41, 5.74) is 2.30. The highest BCUT2D eigenvalue weighted by Crippen LogP contribution is 2.43. The fraction of sp³-hybridized carbons (Fsp3) is 0.414. The van der Waals surface area contributed by atoms with E-state index in [4.69, 9.17) is 40.2 Å². The van der Waals surface area contributed by atoms with Crippen molar-refractivity contribution in [3.8, 4) is 0 Å². The van der Waals surface area contributed by atoms with Crippen molar-refractivity contribution in [1.82, 2.24) is 24.7 Å². The second kappa shape index (κ2) is 16.3. The molecule has 1 aromatic carbocycles. The lowest BCUT2D eigenvalue weighted by molar-refractivity contribution is -0.165. The maximum Gasteiger partial charge on any atom is 0.303 e. The van der Waals surface area contributed by atoms with Gasteiger partial charge in [-0.2, -0.15) is 9.97 Å². The first-order chi connectivity index (χ1) is 21.5. The monoisotopic (exact) mass is 680 g/mol. The third-order valence-corrected chi connectivity index (χ3v) is 6.74. The number of hydrogen-bond acceptors (Lipinski definition) is 13. The van der Waals surface area contributed by atoms with Crippen LogP contribution in [0.15, 0.2) is 47.2 Å². The number of carboxylic acid groups (broad SMARTS) is 1. The predicted octanol–water partition coefficient (Wildman–Crippen LogP) is 3.69. The molecule has 0 radical (unpaired) electrons. The summed E-state index contributed by atoms with van der Waals surface area (Å²) in [6.45, 7) is 5.31. The Hall–Kier alpha value is -4.31. The fourth-order valence-electron chi connectivity index (χ4n) is 4.79. The number of aliphatic hydroxyl groups is 1. The minimum absolute atomic E-state index is 0. The molecule has 0 bridgehead atoms. The van der Waals surface area contributed by atoms with Crippen molar-refractivity contribution in [3.05, 3.63) is 65.0 Å². The number of aromatic nitrogens is 5. The molecule has 1 aliphatic rings. The van der Waals surface area contributed by atoms with Gasteiger partial charge in [-0.15, -0.1) is 12.4 Å². The van der Waals surface area contributed by atoms with Crippen LogP contribution in [0.25, 0.3) is 11.2 Å². The van der Waals surface area contributed by atoms with Crippen molar-refractivity contribution in [3.63, 3.8) is 0 Å². The van der Waals surface area contributed by atoms with Crippen LogP contribution < -0.4 is 5.32 Å². The molecule has 0 aliphatic carbocycles. The Kier molecular flexibility index (Phi) is 12.8. The third-order valence-electron chi connectivity index (χ3n) is 6.57. The number of rotatable bonds is 10. The summed E-state index contributed by atoms with van der Waals surface area (Å²) in [7, 11) is 0. The lowest BCUT2D eigenvalue weighted by atomic mass is 10.1. The number of nitrogens with one attached hydrogen (secondary N) is 1. The van der Waals surface area contributed by atoms with Crippen LogP contribution in [0.1, 0.15) is 57.0 Å². The first-order valence-electron chi connectivity index (χ1n) is 14.0. The number of aliphatic hydroxyl groups excluding tert-OH is 1. The number of halogens is 2. The fourth-order valence-corrected chi connectivity index (χ4v) is 4.95. The van der Waals surface area contributed by atoms with Gasteiger partial charge in [0, 0.05) is 26.8 Å². The van der Waals surface area contributed by atoms with Crippen LogP contribution in [0.2, 0.25) is 5.28 Å². The van der Waals surface area contributed by atoms with Crippen LogP contribution in [0.5, 0.6) is 0 Å². The summed E-state index contributed by atoms with van der Waals surface area (Å²) in [6.07, 6.45) is -1.56. The van der Waals surface area contributed by atoms with E-state index in [9.17, 15) is 14.7 Å². The quantitative estimate of drug-likeness (QED) is 0.162. The molecule has 4 heterocycles. The van der Waals surface area contributed by atoms with Gasteiger partial charge in [0.05, 0.1) is 24.7 Å². The Labute approximate surface area is 274 Å². The summed E-state index contributed by atoms with van der Waals surface area (Å²) in [5, 5.41) is 24.6. The molecule has 5 rings (SSSR count). The van der Waals surface area contributed by atoms with Gasteiger partial charge in [-0.05, 0) is 30.0 Å². The van der Waals surface area contributed by atoms with Gasteiger partial charge >= 0.3 is 11.9 Å². The molecule has 3 N–H and O–H groups in total. The normalized spacial score (nSPS) is 19.3. The molecular formula is C29H34Cl2N6O9. The van der Waals surface area contributed by atoms with E-state index in [-0.39, 0.29) is 29.9 Å². The zero-order valence-corrected chi connectivity index (χ0v) is 26.9. The number of hydrogen-bond donors (Lipinski definition) is 3. The highest BCUT2D eigenvalue weighted by molar-refractivity contribution is 6.28. The van der Waals surface area contributed by atoms with Gasteiger partial charge in [0.2, 0.25) is 5.28 Å². The van der Waals surface area contributed by atoms with Crippen molar-refractivity contribution >= 4 is 58.9 Å². The van der Waals surface area contributed by atoms with Gasteiger partial charge in [-0.3, -0.25) is 19.0 Å². The number of imidazole rings is 1. The number of carboxylic acids is 1. The van der Waals surface area contributed by atoms with E-state index in [1.165, 1.54) is 24.7 Å². The Morgan fingerprint density at radius 3 is 2.33 bits per heavy atom. The third kappa shape index (κ3) is 8.90. The van der Waals surface area contributed by atoms with Crippen LogP contribution in [-0.4, -0.2) is 77.7 Å². The molecule has 17 heteroatoms. The van der Waals surface area contributed by atoms with Crippen molar-refractivity contribution in [2.75, 3.05) is 11.9 Å². The van der Waals surface area contributed by atoms with Crippen molar-refractivity contribution in [2.45, 2.75) is 71.1 Å². The second-order valence-electron chi connectivity index (χ2n) is 10.1. The number of benzene rings is 1. The Bertz CT molecular complexity index is 1630. The van der Waals surface area contributed by atoms with Gasteiger partial charge in [-0.1, -0.05) is 42.4 Å². The highest BCUT2D eigenvalue weighted by atomic mass is 35.5. The molecule has 0 spiro atoms. The smallest absolute Gasteiger partial charge is 0.303 e. The number of ether oxygens (including phenoxy) is 3. The van der Waals surface area contributed by atoms with Gasteiger partial charge in [0.15, 0.2) is 47.3 Å². The highest BCUT2D eigenvalue weighted by Gasteiger charge is 2.52. The number of carbonyl (C=O) groups is 3. The number of aliphatic carboxylic acids is 1. The van der Waals surface area contributed by atoms with E-state index < -0.39 is 48.5 Å². The van der Waals surface area contributed by atoms with Crippen LogP contribution >= 0.6 is 24.0 Å². The van der Waals surface area contributed by atoms with Gasteiger partial charge in [0.25, 0.3) is 5.97 Å². The van der Waals surface area contributed by atoms with E-state index in [1.807, 2.05) is 37.3 Å². The molecule has 5 atom stereocenters. The van der Waals surface area contributed by atoms with Gasteiger partial charge < -0.3 is 34.3 Å². The number of carbonyl (C=O) groups excluding carboxylic acids is 2. The molecule has 0 amide bonds. The predicted molar refractivity (Wildman–Crippen MR) is 165 cm³/mol. The molecule has 46 heavy (non-hydrogen) atoms.